The highest BCUT2D eigenvalue weighted by Gasteiger charge is 2.54. The summed E-state index contributed by atoms with van der Waals surface area (Å²) in [6, 6.07) is 12.5. The number of hydrogen-bond donors (Lipinski definition) is 2. The van der Waals surface area contributed by atoms with Crippen LogP contribution in [0.4, 0.5) is 9.18 Å². The molecule has 0 radical (unpaired) electrons. The maximum atomic E-state index is 13.2. The second-order valence-electron chi connectivity index (χ2n) is 7.58. The topological polar surface area (TPSA) is 78.5 Å². The van der Waals surface area contributed by atoms with Gasteiger partial charge in [0.15, 0.2) is 0 Å². The summed E-state index contributed by atoms with van der Waals surface area (Å²) in [6.07, 6.45) is 2.15. The normalized spacial score (nSPS) is 21.7. The fraction of sp³-hybridized carbons (Fsp3) is 0.318. The first kappa shape index (κ1) is 19.1. The SMILES string of the molecule is C[C@@H](NC(=O)CN1C(=O)N[C@@]2(CCCc3ccccc32)C1=O)c1ccc(F)cc1. The molecule has 2 aliphatic rings. The highest BCUT2D eigenvalue weighted by molar-refractivity contribution is 6.09. The highest BCUT2D eigenvalue weighted by Crippen LogP contribution is 2.39. The summed E-state index contributed by atoms with van der Waals surface area (Å²) in [5, 5.41) is 5.60. The van der Waals surface area contributed by atoms with Gasteiger partial charge in [0.05, 0.1) is 6.04 Å². The smallest absolute Gasteiger partial charge is 0.325 e. The van der Waals surface area contributed by atoms with Gasteiger partial charge in [-0.15, -0.1) is 0 Å². The third-order valence-electron chi connectivity index (χ3n) is 5.70. The van der Waals surface area contributed by atoms with Crippen molar-refractivity contribution in [3.63, 3.8) is 0 Å². The number of fused-ring (bicyclic) bond motifs is 2. The zero-order valence-corrected chi connectivity index (χ0v) is 16.1. The third-order valence-corrected chi connectivity index (χ3v) is 5.70. The number of urea groups is 1. The first-order valence-electron chi connectivity index (χ1n) is 9.68. The van der Waals surface area contributed by atoms with Crippen LogP contribution in [-0.4, -0.2) is 29.3 Å². The molecular formula is C22H22FN3O3. The molecular weight excluding hydrogens is 373 g/mol. The van der Waals surface area contributed by atoms with E-state index in [-0.39, 0.29) is 24.3 Å². The van der Waals surface area contributed by atoms with Crippen LogP contribution in [0.3, 0.4) is 0 Å². The molecule has 6 nitrogen and oxygen atoms in total. The van der Waals surface area contributed by atoms with Gasteiger partial charge in [-0.2, -0.15) is 0 Å². The Morgan fingerprint density at radius 3 is 2.69 bits per heavy atom. The minimum Gasteiger partial charge on any atom is -0.348 e. The monoisotopic (exact) mass is 395 g/mol. The van der Waals surface area contributed by atoms with E-state index >= 15 is 0 Å². The van der Waals surface area contributed by atoms with Crippen LogP contribution in [-0.2, 0) is 21.5 Å². The van der Waals surface area contributed by atoms with Gasteiger partial charge in [-0.1, -0.05) is 36.4 Å². The predicted octanol–water partition coefficient (Wildman–Crippen LogP) is 2.79. The lowest BCUT2D eigenvalue weighted by Gasteiger charge is -2.33. The van der Waals surface area contributed by atoms with Crippen LogP contribution in [0.5, 0.6) is 0 Å². The van der Waals surface area contributed by atoms with Crippen LogP contribution in [0.2, 0.25) is 0 Å². The van der Waals surface area contributed by atoms with Crippen LogP contribution >= 0.6 is 0 Å². The van der Waals surface area contributed by atoms with Gasteiger partial charge in [-0.05, 0) is 55.0 Å². The van der Waals surface area contributed by atoms with Gasteiger partial charge in [0.25, 0.3) is 5.91 Å². The second kappa shape index (κ2) is 7.31. The summed E-state index contributed by atoms with van der Waals surface area (Å²) in [6.45, 7) is 1.40. The van der Waals surface area contributed by atoms with E-state index in [4.69, 9.17) is 0 Å². The Morgan fingerprint density at radius 1 is 1.21 bits per heavy atom. The first-order valence-corrected chi connectivity index (χ1v) is 9.68. The zero-order chi connectivity index (χ0) is 20.6. The molecule has 7 heteroatoms. The molecule has 1 saturated heterocycles. The van der Waals surface area contributed by atoms with Crippen molar-refractivity contribution in [1.29, 1.82) is 0 Å². The van der Waals surface area contributed by atoms with E-state index in [0.29, 0.717) is 6.42 Å². The minimum absolute atomic E-state index is 0.357. The van der Waals surface area contributed by atoms with Crippen molar-refractivity contribution < 1.29 is 18.8 Å². The lowest BCUT2D eigenvalue weighted by atomic mass is 9.76. The fourth-order valence-electron chi connectivity index (χ4n) is 4.22. The second-order valence-corrected chi connectivity index (χ2v) is 7.58. The Labute approximate surface area is 168 Å². The average Bonchev–Trinajstić information content (AvgIpc) is 2.93. The summed E-state index contributed by atoms with van der Waals surface area (Å²) in [7, 11) is 0. The highest BCUT2D eigenvalue weighted by atomic mass is 19.1. The van der Waals surface area contributed by atoms with E-state index < -0.39 is 17.5 Å². The van der Waals surface area contributed by atoms with Gasteiger partial charge in [0.1, 0.15) is 17.9 Å². The molecule has 0 saturated carbocycles. The molecule has 0 unspecified atom stereocenters. The molecule has 150 valence electrons. The molecule has 2 aromatic rings. The summed E-state index contributed by atoms with van der Waals surface area (Å²) in [4.78, 5) is 39.3. The van der Waals surface area contributed by atoms with E-state index in [0.717, 1.165) is 34.4 Å². The Hall–Kier alpha value is -3.22. The van der Waals surface area contributed by atoms with Crippen LogP contribution in [0, 0.1) is 5.82 Å². The summed E-state index contributed by atoms with van der Waals surface area (Å²) in [5.41, 5.74) is 1.50. The molecule has 0 aromatic heterocycles. The van der Waals surface area contributed by atoms with Gasteiger partial charge >= 0.3 is 6.03 Å². The van der Waals surface area contributed by atoms with E-state index in [1.807, 2.05) is 24.3 Å². The van der Waals surface area contributed by atoms with Crippen molar-refractivity contribution in [1.82, 2.24) is 15.5 Å². The lowest BCUT2D eigenvalue weighted by molar-refractivity contribution is -0.135. The maximum absolute atomic E-state index is 13.2. The quantitative estimate of drug-likeness (QED) is 0.782. The van der Waals surface area contributed by atoms with E-state index in [9.17, 15) is 18.8 Å². The summed E-state index contributed by atoms with van der Waals surface area (Å²) < 4.78 is 13.1. The Bertz CT molecular complexity index is 976. The fourth-order valence-corrected chi connectivity index (χ4v) is 4.22. The van der Waals surface area contributed by atoms with Gasteiger partial charge in [0, 0.05) is 0 Å². The molecule has 1 heterocycles. The number of nitrogens with zero attached hydrogens (tertiary/aromatic N) is 1. The number of hydrogen-bond acceptors (Lipinski definition) is 3. The molecule has 4 rings (SSSR count). The van der Waals surface area contributed by atoms with Crippen LogP contribution < -0.4 is 10.6 Å². The predicted molar refractivity (Wildman–Crippen MR) is 104 cm³/mol. The number of aryl methyl sites for hydroxylation is 1. The van der Waals surface area contributed by atoms with Crippen LogP contribution in [0.1, 0.15) is 42.5 Å². The van der Waals surface area contributed by atoms with Gasteiger partial charge in [-0.3, -0.25) is 14.5 Å². The molecule has 1 aliphatic heterocycles. The summed E-state index contributed by atoms with van der Waals surface area (Å²) in [5.74, 6) is -1.20. The number of carbonyl (C=O) groups excluding carboxylic acids is 3. The summed E-state index contributed by atoms with van der Waals surface area (Å²) >= 11 is 0. The van der Waals surface area contributed by atoms with Gasteiger partial charge in [-0.25, -0.2) is 9.18 Å². The Kier molecular flexibility index (Phi) is 4.82. The number of imide groups is 1. The Balaban J connectivity index is 1.49. The number of carbonyl (C=O) groups is 3. The molecule has 0 bridgehead atoms. The van der Waals surface area contributed by atoms with Crippen molar-refractivity contribution in [2.24, 2.45) is 0 Å². The largest absolute Gasteiger partial charge is 0.348 e. The average molecular weight is 395 g/mol. The first-order chi connectivity index (χ1) is 13.9. The van der Waals surface area contributed by atoms with Crippen LogP contribution in [0.15, 0.2) is 48.5 Å². The van der Waals surface area contributed by atoms with E-state index in [1.54, 1.807) is 19.1 Å². The molecule has 2 aromatic carbocycles. The number of amides is 4. The van der Waals surface area contributed by atoms with Gasteiger partial charge < -0.3 is 10.6 Å². The van der Waals surface area contributed by atoms with Crippen molar-refractivity contribution in [2.75, 3.05) is 6.54 Å². The zero-order valence-electron chi connectivity index (χ0n) is 16.1. The van der Waals surface area contributed by atoms with Crippen molar-refractivity contribution in [3.05, 3.63) is 71.0 Å². The maximum Gasteiger partial charge on any atom is 0.325 e. The van der Waals surface area contributed by atoms with Crippen molar-refractivity contribution in [3.8, 4) is 0 Å². The number of nitrogens with one attached hydrogen (secondary N) is 2. The molecule has 1 aliphatic carbocycles. The minimum atomic E-state index is -1.09. The third kappa shape index (κ3) is 3.37. The number of rotatable bonds is 4. The van der Waals surface area contributed by atoms with E-state index in [1.165, 1.54) is 12.1 Å². The number of halogens is 1. The molecule has 2 atom stereocenters. The van der Waals surface area contributed by atoms with Gasteiger partial charge in [0.2, 0.25) is 5.91 Å². The van der Waals surface area contributed by atoms with Crippen LogP contribution in [0.25, 0.3) is 0 Å². The van der Waals surface area contributed by atoms with E-state index in [2.05, 4.69) is 10.6 Å². The molecule has 29 heavy (non-hydrogen) atoms. The Morgan fingerprint density at radius 2 is 1.93 bits per heavy atom. The molecule has 2 N–H and O–H groups in total. The molecule has 4 amide bonds. The lowest BCUT2D eigenvalue weighted by Crippen LogP contribution is -2.47. The number of benzene rings is 2. The van der Waals surface area contributed by atoms with Crippen molar-refractivity contribution in [2.45, 2.75) is 37.8 Å². The standard InChI is InChI=1S/C22H22FN3O3/c1-14(15-8-10-17(23)11-9-15)24-19(27)13-26-20(28)22(25-21(26)29)12-4-6-16-5-2-3-7-18(16)22/h2-3,5,7-11,14H,4,6,12-13H2,1H3,(H,24,27)(H,25,29)/t14-,22-/m1/s1. The van der Waals surface area contributed by atoms with Crippen molar-refractivity contribution >= 4 is 17.8 Å². The molecule has 1 fully saturated rings. The molecule has 1 spiro atoms.